The van der Waals surface area contributed by atoms with Crippen molar-refractivity contribution in [3.63, 3.8) is 0 Å². The number of amides is 2. The van der Waals surface area contributed by atoms with Gasteiger partial charge in [-0.15, -0.1) is 0 Å². The maximum absolute atomic E-state index is 12.8. The summed E-state index contributed by atoms with van der Waals surface area (Å²) in [4.78, 5) is 24.7. The van der Waals surface area contributed by atoms with Crippen molar-refractivity contribution in [2.75, 3.05) is 7.05 Å². The first-order valence-electron chi connectivity index (χ1n) is 6.78. The average molecular weight is 329 g/mol. The number of carbonyl (C=O) groups is 2. The van der Waals surface area contributed by atoms with Gasteiger partial charge in [-0.05, 0) is 59.8 Å². The second-order valence-corrected chi connectivity index (χ2v) is 5.86. The zero-order valence-electron chi connectivity index (χ0n) is 12.2. The van der Waals surface area contributed by atoms with Crippen LogP contribution in [-0.4, -0.2) is 23.1 Å². The highest BCUT2D eigenvalue weighted by molar-refractivity contribution is 8.18. The highest BCUT2D eigenvalue weighted by atomic mass is 32.2. The highest BCUT2D eigenvalue weighted by Crippen LogP contribution is 2.31. The summed E-state index contributed by atoms with van der Waals surface area (Å²) in [5.74, 6) is 0.507. The van der Waals surface area contributed by atoms with Crippen molar-refractivity contribution in [1.82, 2.24) is 4.90 Å². The molecule has 0 atom stereocenters. The molecule has 3 rings (SSSR count). The third-order valence-corrected chi connectivity index (χ3v) is 4.17. The van der Waals surface area contributed by atoms with E-state index in [1.807, 2.05) is 0 Å². The number of thioether (sulfide) groups is 1. The maximum atomic E-state index is 12.8. The monoisotopic (exact) mass is 329 g/mol. The first kappa shape index (κ1) is 15.3. The van der Waals surface area contributed by atoms with Crippen LogP contribution in [0, 0.1) is 5.82 Å². The van der Waals surface area contributed by atoms with Gasteiger partial charge in [0, 0.05) is 7.05 Å². The summed E-state index contributed by atoms with van der Waals surface area (Å²) in [7, 11) is 1.46. The zero-order chi connectivity index (χ0) is 16.4. The SMILES string of the molecule is CN1C(=O)SC(=Cc2ccc(Oc3ccc(F)cc3)cc2)C1=O. The number of imide groups is 1. The van der Waals surface area contributed by atoms with Gasteiger partial charge in [0.25, 0.3) is 11.1 Å². The first-order chi connectivity index (χ1) is 11.0. The molecule has 1 aliphatic rings. The number of ether oxygens (including phenoxy) is 1. The third-order valence-electron chi connectivity index (χ3n) is 3.21. The molecule has 0 bridgehead atoms. The van der Waals surface area contributed by atoms with Gasteiger partial charge in [-0.3, -0.25) is 14.5 Å². The van der Waals surface area contributed by atoms with E-state index in [1.165, 1.54) is 19.2 Å². The molecule has 0 aromatic heterocycles. The van der Waals surface area contributed by atoms with Crippen LogP contribution in [0.15, 0.2) is 53.4 Å². The van der Waals surface area contributed by atoms with Crippen LogP contribution in [0.5, 0.6) is 11.5 Å². The summed E-state index contributed by atoms with van der Waals surface area (Å²) < 4.78 is 18.4. The summed E-state index contributed by atoms with van der Waals surface area (Å²) >= 11 is 0.917. The zero-order valence-corrected chi connectivity index (χ0v) is 13.0. The predicted molar refractivity (Wildman–Crippen MR) is 86.7 cm³/mol. The van der Waals surface area contributed by atoms with Crippen molar-refractivity contribution in [2.45, 2.75) is 0 Å². The average Bonchev–Trinajstić information content (AvgIpc) is 2.79. The van der Waals surface area contributed by atoms with Gasteiger partial charge in [-0.1, -0.05) is 12.1 Å². The Kier molecular flexibility index (Phi) is 4.16. The fourth-order valence-corrected chi connectivity index (χ4v) is 2.79. The summed E-state index contributed by atoms with van der Waals surface area (Å²) in [6.45, 7) is 0. The Bertz CT molecular complexity index is 784. The smallest absolute Gasteiger partial charge is 0.293 e. The van der Waals surface area contributed by atoms with Crippen LogP contribution in [0.3, 0.4) is 0 Å². The molecule has 1 aliphatic heterocycles. The molecular formula is C17H12FNO3S. The molecule has 1 heterocycles. The summed E-state index contributed by atoms with van der Waals surface area (Å²) in [5.41, 5.74) is 0.787. The number of carbonyl (C=O) groups excluding carboxylic acids is 2. The van der Waals surface area contributed by atoms with Gasteiger partial charge in [0.15, 0.2) is 0 Å². The van der Waals surface area contributed by atoms with Gasteiger partial charge in [0.1, 0.15) is 17.3 Å². The molecule has 0 spiro atoms. The quantitative estimate of drug-likeness (QED) is 0.788. The maximum Gasteiger partial charge on any atom is 0.293 e. The van der Waals surface area contributed by atoms with Crippen molar-refractivity contribution < 1.29 is 18.7 Å². The Labute approximate surface area is 136 Å². The Morgan fingerprint density at radius 1 is 1.00 bits per heavy atom. The Balaban J connectivity index is 1.74. The topological polar surface area (TPSA) is 46.6 Å². The second kappa shape index (κ2) is 6.26. The number of halogens is 1. The molecule has 116 valence electrons. The molecule has 4 nitrogen and oxygen atoms in total. The predicted octanol–water partition coefficient (Wildman–Crippen LogP) is 4.28. The van der Waals surface area contributed by atoms with E-state index in [0.29, 0.717) is 16.4 Å². The van der Waals surface area contributed by atoms with Gasteiger partial charge >= 0.3 is 0 Å². The van der Waals surface area contributed by atoms with Crippen molar-refractivity contribution in [2.24, 2.45) is 0 Å². The van der Waals surface area contributed by atoms with E-state index in [9.17, 15) is 14.0 Å². The van der Waals surface area contributed by atoms with Crippen LogP contribution in [0.25, 0.3) is 6.08 Å². The van der Waals surface area contributed by atoms with Crippen LogP contribution in [-0.2, 0) is 4.79 Å². The van der Waals surface area contributed by atoms with Gasteiger partial charge in [-0.2, -0.15) is 0 Å². The summed E-state index contributed by atoms with van der Waals surface area (Å²) in [6, 6.07) is 12.8. The molecule has 2 aromatic carbocycles. The van der Waals surface area contributed by atoms with Crippen LogP contribution < -0.4 is 4.74 Å². The largest absolute Gasteiger partial charge is 0.457 e. The minimum Gasteiger partial charge on any atom is -0.457 e. The van der Waals surface area contributed by atoms with E-state index in [4.69, 9.17) is 4.74 Å². The highest BCUT2D eigenvalue weighted by Gasteiger charge is 2.31. The van der Waals surface area contributed by atoms with Gasteiger partial charge in [0.2, 0.25) is 0 Å². The van der Waals surface area contributed by atoms with Crippen molar-refractivity contribution in [3.8, 4) is 11.5 Å². The van der Waals surface area contributed by atoms with E-state index in [0.717, 1.165) is 22.2 Å². The van der Waals surface area contributed by atoms with Crippen LogP contribution >= 0.6 is 11.8 Å². The lowest BCUT2D eigenvalue weighted by Gasteiger charge is -2.06. The standard InChI is InChI=1S/C17H12FNO3S/c1-19-16(20)15(23-17(19)21)10-11-2-6-13(7-3-11)22-14-8-4-12(18)5-9-14/h2-10H,1H3. The Morgan fingerprint density at radius 2 is 1.57 bits per heavy atom. The van der Waals surface area contributed by atoms with Crippen LogP contribution in [0.2, 0.25) is 0 Å². The van der Waals surface area contributed by atoms with E-state index >= 15 is 0 Å². The fourth-order valence-electron chi connectivity index (χ4n) is 1.97. The Hall–Kier alpha value is -2.60. The van der Waals surface area contributed by atoms with Crippen LogP contribution in [0.4, 0.5) is 9.18 Å². The van der Waals surface area contributed by atoms with E-state index in [2.05, 4.69) is 0 Å². The third kappa shape index (κ3) is 3.43. The molecule has 0 radical (unpaired) electrons. The van der Waals surface area contributed by atoms with Gasteiger partial charge in [-0.25, -0.2) is 4.39 Å². The molecule has 0 aliphatic carbocycles. The first-order valence-corrected chi connectivity index (χ1v) is 7.59. The molecule has 0 unspecified atom stereocenters. The molecule has 2 aromatic rings. The minimum absolute atomic E-state index is 0.280. The fraction of sp³-hybridized carbons (Fsp3) is 0.0588. The molecule has 1 fully saturated rings. The summed E-state index contributed by atoms with van der Waals surface area (Å²) in [6.07, 6.45) is 1.66. The molecule has 0 saturated carbocycles. The number of benzene rings is 2. The number of hydrogen-bond donors (Lipinski definition) is 0. The van der Waals surface area contributed by atoms with E-state index in [-0.39, 0.29) is 17.0 Å². The molecular weight excluding hydrogens is 317 g/mol. The van der Waals surface area contributed by atoms with E-state index in [1.54, 1.807) is 42.5 Å². The van der Waals surface area contributed by atoms with E-state index < -0.39 is 0 Å². The number of hydrogen-bond acceptors (Lipinski definition) is 4. The normalized spacial score (nSPS) is 16.3. The Morgan fingerprint density at radius 3 is 2.09 bits per heavy atom. The minimum atomic E-state index is -0.322. The molecule has 23 heavy (non-hydrogen) atoms. The van der Waals surface area contributed by atoms with Gasteiger partial charge in [0.05, 0.1) is 4.91 Å². The lowest BCUT2D eigenvalue weighted by Crippen LogP contribution is -2.22. The molecule has 0 N–H and O–H groups in total. The van der Waals surface area contributed by atoms with Crippen molar-refractivity contribution >= 4 is 29.0 Å². The number of nitrogens with zero attached hydrogens (tertiary/aromatic N) is 1. The second-order valence-electron chi connectivity index (χ2n) is 4.87. The summed E-state index contributed by atoms with van der Waals surface area (Å²) in [5, 5.41) is -0.280. The molecule has 1 saturated heterocycles. The lowest BCUT2D eigenvalue weighted by molar-refractivity contribution is -0.121. The number of likely N-dealkylation sites (N-methyl/N-ethyl adjacent to an activating group) is 1. The van der Waals surface area contributed by atoms with Crippen LogP contribution in [0.1, 0.15) is 5.56 Å². The molecule has 2 amide bonds. The van der Waals surface area contributed by atoms with Gasteiger partial charge < -0.3 is 4.74 Å². The van der Waals surface area contributed by atoms with Crippen molar-refractivity contribution in [1.29, 1.82) is 0 Å². The lowest BCUT2D eigenvalue weighted by atomic mass is 10.2. The molecule has 6 heteroatoms. The number of rotatable bonds is 3. The van der Waals surface area contributed by atoms with Crippen molar-refractivity contribution in [3.05, 3.63) is 64.8 Å².